The van der Waals surface area contributed by atoms with Gasteiger partial charge in [-0.15, -0.1) is 0 Å². The van der Waals surface area contributed by atoms with Gasteiger partial charge in [-0.25, -0.2) is 4.79 Å². The Morgan fingerprint density at radius 2 is 2.06 bits per heavy atom. The van der Waals surface area contributed by atoms with Crippen molar-refractivity contribution in [3.8, 4) is 11.1 Å². The van der Waals surface area contributed by atoms with E-state index in [0.717, 1.165) is 16.7 Å². The van der Waals surface area contributed by atoms with Crippen molar-refractivity contribution in [3.05, 3.63) is 35.0 Å². The summed E-state index contributed by atoms with van der Waals surface area (Å²) in [7, 11) is 0. The maximum Gasteiger partial charge on any atom is 0.335 e. The van der Waals surface area contributed by atoms with E-state index in [1.807, 2.05) is 13.8 Å². The molecule has 2 rings (SSSR count). The maximum atomic E-state index is 11.0. The number of nitrogens with zero attached hydrogens (tertiary/aromatic N) is 1. The zero-order valence-corrected chi connectivity index (χ0v) is 9.52. The molecular weight excluding hydrogens is 220 g/mol. The molecule has 2 aromatic rings. The van der Waals surface area contributed by atoms with Crippen molar-refractivity contribution in [2.45, 2.75) is 13.8 Å². The van der Waals surface area contributed by atoms with E-state index in [-0.39, 0.29) is 11.4 Å². The van der Waals surface area contributed by atoms with Crippen molar-refractivity contribution >= 4 is 11.9 Å². The number of aromatic carboxylic acids is 1. The van der Waals surface area contributed by atoms with Gasteiger partial charge in [0.15, 0.2) is 0 Å². The molecule has 0 saturated carbocycles. The lowest BCUT2D eigenvalue weighted by Gasteiger charge is -2.09. The molecule has 0 saturated heterocycles. The monoisotopic (exact) mass is 232 g/mol. The molecule has 0 amide bonds. The molecule has 0 atom stereocenters. The molecule has 5 nitrogen and oxygen atoms in total. The Morgan fingerprint density at radius 3 is 2.59 bits per heavy atom. The highest BCUT2D eigenvalue weighted by atomic mass is 16.5. The fraction of sp³-hybridized carbons (Fsp3) is 0.167. The molecule has 0 unspecified atom stereocenters. The Hall–Kier alpha value is -2.30. The number of benzene rings is 1. The van der Waals surface area contributed by atoms with Crippen LogP contribution in [0, 0.1) is 13.8 Å². The predicted molar refractivity (Wildman–Crippen MR) is 62.8 cm³/mol. The third kappa shape index (κ3) is 1.87. The Balaban J connectivity index is 2.69. The average Bonchev–Trinajstić information content (AvgIpc) is 2.68. The quantitative estimate of drug-likeness (QED) is 0.828. The maximum absolute atomic E-state index is 11.0. The minimum atomic E-state index is -0.968. The number of carboxylic acids is 1. The van der Waals surface area contributed by atoms with E-state index in [9.17, 15) is 4.79 Å². The van der Waals surface area contributed by atoms with Gasteiger partial charge in [-0.2, -0.15) is 0 Å². The molecule has 17 heavy (non-hydrogen) atoms. The molecule has 1 aromatic heterocycles. The summed E-state index contributed by atoms with van der Waals surface area (Å²) in [4.78, 5) is 11.0. The van der Waals surface area contributed by atoms with Gasteiger partial charge in [0.2, 0.25) is 5.88 Å². The largest absolute Gasteiger partial charge is 0.478 e. The second-order valence-electron chi connectivity index (χ2n) is 3.87. The van der Waals surface area contributed by atoms with Crippen LogP contribution in [0.1, 0.15) is 21.5 Å². The average molecular weight is 232 g/mol. The van der Waals surface area contributed by atoms with Crippen LogP contribution in [0.4, 0.5) is 5.88 Å². The number of anilines is 1. The molecule has 5 heteroatoms. The number of carboxylic acid groups (broad SMARTS) is 1. The molecule has 0 bridgehead atoms. The van der Waals surface area contributed by atoms with Crippen LogP contribution in [-0.2, 0) is 0 Å². The number of aryl methyl sites for hydroxylation is 1. The van der Waals surface area contributed by atoms with Crippen LogP contribution in [0.5, 0.6) is 0 Å². The molecule has 88 valence electrons. The summed E-state index contributed by atoms with van der Waals surface area (Å²) in [5, 5.41) is 12.6. The zero-order valence-electron chi connectivity index (χ0n) is 9.52. The smallest absolute Gasteiger partial charge is 0.335 e. The second-order valence-corrected chi connectivity index (χ2v) is 3.87. The molecule has 3 N–H and O–H groups in total. The third-order valence-corrected chi connectivity index (χ3v) is 2.80. The highest BCUT2D eigenvalue weighted by molar-refractivity contribution is 5.91. The van der Waals surface area contributed by atoms with Crippen molar-refractivity contribution < 1.29 is 14.4 Å². The van der Waals surface area contributed by atoms with Gasteiger partial charge in [-0.3, -0.25) is 0 Å². The van der Waals surface area contributed by atoms with Gasteiger partial charge in [0.1, 0.15) is 0 Å². The topological polar surface area (TPSA) is 89.3 Å². The van der Waals surface area contributed by atoms with Crippen molar-refractivity contribution in [2.75, 3.05) is 5.73 Å². The Labute approximate surface area is 97.8 Å². The van der Waals surface area contributed by atoms with Crippen molar-refractivity contribution in [1.29, 1.82) is 0 Å². The van der Waals surface area contributed by atoms with E-state index in [1.165, 1.54) is 6.20 Å². The van der Waals surface area contributed by atoms with E-state index in [2.05, 4.69) is 5.16 Å². The van der Waals surface area contributed by atoms with Gasteiger partial charge >= 0.3 is 5.97 Å². The lowest BCUT2D eigenvalue weighted by Crippen LogP contribution is -2.00. The van der Waals surface area contributed by atoms with E-state index < -0.39 is 5.97 Å². The van der Waals surface area contributed by atoms with Crippen LogP contribution >= 0.6 is 0 Å². The SMILES string of the molecule is Cc1cc(C(=O)O)cc(-c2cnoc2N)c1C. The van der Waals surface area contributed by atoms with Crippen LogP contribution in [0.2, 0.25) is 0 Å². The molecule has 0 aliphatic rings. The lowest BCUT2D eigenvalue weighted by atomic mass is 9.96. The second kappa shape index (κ2) is 3.93. The number of nitrogen functional groups attached to an aromatic ring is 1. The van der Waals surface area contributed by atoms with Gasteiger partial charge in [0.25, 0.3) is 0 Å². The molecule has 0 aliphatic heterocycles. The Kier molecular flexibility index (Phi) is 2.59. The summed E-state index contributed by atoms with van der Waals surface area (Å²) < 4.78 is 4.79. The molecule has 0 aliphatic carbocycles. The number of nitrogens with two attached hydrogens (primary N) is 1. The standard InChI is InChI=1S/C12H12N2O3/c1-6-3-8(12(15)16)4-9(7(6)2)10-5-14-17-11(10)13/h3-5H,13H2,1-2H3,(H,15,16). The van der Waals surface area contributed by atoms with E-state index in [1.54, 1.807) is 12.1 Å². The number of hydrogen-bond donors (Lipinski definition) is 2. The zero-order chi connectivity index (χ0) is 12.6. The first-order chi connectivity index (χ1) is 8.00. The van der Waals surface area contributed by atoms with Crippen LogP contribution in [0.3, 0.4) is 0 Å². The first-order valence-electron chi connectivity index (χ1n) is 5.05. The van der Waals surface area contributed by atoms with Crippen LogP contribution in [0.15, 0.2) is 22.9 Å². The number of rotatable bonds is 2. The van der Waals surface area contributed by atoms with Gasteiger partial charge in [-0.05, 0) is 42.7 Å². The molecule has 1 heterocycles. The summed E-state index contributed by atoms with van der Waals surface area (Å²) in [6.07, 6.45) is 1.49. The normalized spacial score (nSPS) is 10.5. The fourth-order valence-corrected chi connectivity index (χ4v) is 1.71. The van der Waals surface area contributed by atoms with Gasteiger partial charge in [0, 0.05) is 0 Å². The summed E-state index contributed by atoms with van der Waals surface area (Å²) >= 11 is 0. The Bertz CT molecular complexity index is 587. The summed E-state index contributed by atoms with van der Waals surface area (Å²) in [5.41, 5.74) is 9.08. The molecule has 0 fully saturated rings. The lowest BCUT2D eigenvalue weighted by molar-refractivity contribution is 0.0697. The van der Waals surface area contributed by atoms with Gasteiger partial charge < -0.3 is 15.4 Å². The van der Waals surface area contributed by atoms with Crippen molar-refractivity contribution in [3.63, 3.8) is 0 Å². The number of aromatic nitrogens is 1. The van der Waals surface area contributed by atoms with E-state index >= 15 is 0 Å². The third-order valence-electron chi connectivity index (χ3n) is 2.80. The summed E-state index contributed by atoms with van der Waals surface area (Å²) in [6, 6.07) is 3.21. The molecular formula is C12H12N2O3. The number of carbonyl (C=O) groups is 1. The van der Waals surface area contributed by atoms with Crippen molar-refractivity contribution in [2.24, 2.45) is 0 Å². The molecule has 0 radical (unpaired) electrons. The first-order valence-corrected chi connectivity index (χ1v) is 5.05. The minimum absolute atomic E-state index is 0.190. The van der Waals surface area contributed by atoms with E-state index in [0.29, 0.717) is 5.56 Å². The fourth-order valence-electron chi connectivity index (χ4n) is 1.71. The first kappa shape index (κ1) is 11.2. The molecule has 0 spiro atoms. The van der Waals surface area contributed by atoms with E-state index in [4.69, 9.17) is 15.4 Å². The minimum Gasteiger partial charge on any atom is -0.478 e. The molecule has 1 aromatic carbocycles. The summed E-state index contributed by atoms with van der Waals surface area (Å²) in [5.74, 6) is -0.778. The predicted octanol–water partition coefficient (Wildman–Crippen LogP) is 2.24. The van der Waals surface area contributed by atoms with Gasteiger partial charge in [0.05, 0.1) is 17.3 Å². The summed E-state index contributed by atoms with van der Waals surface area (Å²) in [6.45, 7) is 3.76. The van der Waals surface area contributed by atoms with Gasteiger partial charge in [-0.1, -0.05) is 5.16 Å². The van der Waals surface area contributed by atoms with Crippen LogP contribution in [-0.4, -0.2) is 16.2 Å². The highest BCUT2D eigenvalue weighted by Gasteiger charge is 2.14. The Morgan fingerprint density at radius 1 is 1.35 bits per heavy atom. The van der Waals surface area contributed by atoms with Crippen LogP contribution < -0.4 is 5.73 Å². The number of hydrogen-bond acceptors (Lipinski definition) is 4. The van der Waals surface area contributed by atoms with Crippen LogP contribution in [0.25, 0.3) is 11.1 Å². The highest BCUT2D eigenvalue weighted by Crippen LogP contribution is 2.31. The van der Waals surface area contributed by atoms with Crippen molar-refractivity contribution in [1.82, 2.24) is 5.16 Å².